The maximum atomic E-state index is 12.7. The fraction of sp³-hybridized carbons (Fsp3) is 0.381. The SMILES string of the molecule is O=c1c(=O)n2c(nn1Cc1ccncc1)[C@]1(CCN(Cc3cccnc3)C1)CC2. The predicted molar refractivity (Wildman–Crippen MR) is 107 cm³/mol. The van der Waals surface area contributed by atoms with Gasteiger partial charge in [0, 0.05) is 49.8 Å². The molecule has 8 heteroatoms. The van der Waals surface area contributed by atoms with Gasteiger partial charge < -0.3 is 0 Å². The van der Waals surface area contributed by atoms with E-state index in [1.807, 2.05) is 24.4 Å². The van der Waals surface area contributed by atoms with Gasteiger partial charge in [0.2, 0.25) is 0 Å². The summed E-state index contributed by atoms with van der Waals surface area (Å²) in [5.41, 5.74) is 0.875. The van der Waals surface area contributed by atoms with Gasteiger partial charge in [0.05, 0.1) is 6.54 Å². The summed E-state index contributed by atoms with van der Waals surface area (Å²) in [6.45, 7) is 3.44. The molecule has 2 aliphatic heterocycles. The van der Waals surface area contributed by atoms with Crippen molar-refractivity contribution >= 4 is 0 Å². The van der Waals surface area contributed by atoms with Crippen molar-refractivity contribution in [3.8, 4) is 0 Å². The molecule has 0 unspecified atom stereocenters. The van der Waals surface area contributed by atoms with Crippen LogP contribution in [0.4, 0.5) is 0 Å². The van der Waals surface area contributed by atoms with Crippen LogP contribution in [0.3, 0.4) is 0 Å². The van der Waals surface area contributed by atoms with Crippen LogP contribution in [0.1, 0.15) is 29.8 Å². The number of aromatic nitrogens is 5. The maximum Gasteiger partial charge on any atom is 0.332 e. The van der Waals surface area contributed by atoms with E-state index < -0.39 is 11.1 Å². The smallest absolute Gasteiger partial charge is 0.298 e. The third kappa shape index (κ3) is 3.19. The fourth-order valence-electron chi connectivity index (χ4n) is 4.57. The van der Waals surface area contributed by atoms with Crippen LogP contribution < -0.4 is 11.1 Å². The van der Waals surface area contributed by atoms with Crippen LogP contribution in [0.15, 0.2) is 58.6 Å². The van der Waals surface area contributed by atoms with E-state index in [4.69, 9.17) is 5.10 Å². The molecular formula is C21H22N6O2. The molecule has 148 valence electrons. The fourth-order valence-corrected chi connectivity index (χ4v) is 4.57. The summed E-state index contributed by atoms with van der Waals surface area (Å²) in [6, 6.07) is 7.69. The third-order valence-electron chi connectivity index (χ3n) is 6.07. The van der Waals surface area contributed by atoms with Crippen molar-refractivity contribution in [2.45, 2.75) is 37.9 Å². The first-order chi connectivity index (χ1) is 14.1. The van der Waals surface area contributed by atoms with Crippen LogP contribution in [0.2, 0.25) is 0 Å². The summed E-state index contributed by atoms with van der Waals surface area (Å²) in [4.78, 5) is 35.9. The van der Waals surface area contributed by atoms with Crippen molar-refractivity contribution in [1.29, 1.82) is 0 Å². The van der Waals surface area contributed by atoms with E-state index in [-0.39, 0.29) is 12.0 Å². The normalized spacial score (nSPS) is 21.0. The average Bonchev–Trinajstić information content (AvgIpc) is 3.32. The van der Waals surface area contributed by atoms with Crippen LogP contribution in [-0.4, -0.2) is 42.3 Å². The molecule has 0 saturated carbocycles. The lowest BCUT2D eigenvalue weighted by Gasteiger charge is -2.23. The van der Waals surface area contributed by atoms with Crippen LogP contribution in [0.5, 0.6) is 0 Å². The first-order valence-electron chi connectivity index (χ1n) is 9.87. The van der Waals surface area contributed by atoms with Gasteiger partial charge in [-0.25, -0.2) is 4.68 Å². The molecule has 1 spiro atoms. The van der Waals surface area contributed by atoms with E-state index in [0.29, 0.717) is 6.54 Å². The molecule has 2 aliphatic rings. The van der Waals surface area contributed by atoms with Gasteiger partial charge in [0.1, 0.15) is 5.82 Å². The molecule has 0 N–H and O–H groups in total. The number of pyridine rings is 2. The average molecular weight is 390 g/mol. The van der Waals surface area contributed by atoms with Gasteiger partial charge in [-0.05, 0) is 48.7 Å². The highest BCUT2D eigenvalue weighted by Gasteiger charge is 2.47. The first-order valence-corrected chi connectivity index (χ1v) is 9.87. The lowest BCUT2D eigenvalue weighted by Crippen LogP contribution is -2.45. The second-order valence-electron chi connectivity index (χ2n) is 7.95. The second-order valence-corrected chi connectivity index (χ2v) is 7.95. The molecule has 29 heavy (non-hydrogen) atoms. The molecule has 0 amide bonds. The van der Waals surface area contributed by atoms with Crippen molar-refractivity contribution in [1.82, 2.24) is 29.2 Å². The summed E-state index contributed by atoms with van der Waals surface area (Å²) < 4.78 is 2.92. The van der Waals surface area contributed by atoms with Gasteiger partial charge in [-0.1, -0.05) is 6.07 Å². The second kappa shape index (κ2) is 7.04. The lowest BCUT2D eigenvalue weighted by molar-refractivity contribution is 0.297. The van der Waals surface area contributed by atoms with E-state index in [2.05, 4.69) is 20.9 Å². The molecule has 5 heterocycles. The van der Waals surface area contributed by atoms with Crippen molar-refractivity contribution in [2.24, 2.45) is 0 Å². The highest BCUT2D eigenvalue weighted by atomic mass is 16.2. The van der Waals surface area contributed by atoms with Gasteiger partial charge in [-0.3, -0.25) is 29.0 Å². The largest absolute Gasteiger partial charge is 0.332 e. The molecule has 1 fully saturated rings. The van der Waals surface area contributed by atoms with E-state index in [1.165, 1.54) is 10.2 Å². The Bertz CT molecular complexity index is 1140. The minimum Gasteiger partial charge on any atom is -0.298 e. The third-order valence-corrected chi connectivity index (χ3v) is 6.07. The zero-order valence-electron chi connectivity index (χ0n) is 16.1. The molecule has 1 saturated heterocycles. The number of likely N-dealkylation sites (tertiary alicyclic amines) is 1. The van der Waals surface area contributed by atoms with Gasteiger partial charge in [-0.2, -0.15) is 5.10 Å². The molecule has 0 aromatic carbocycles. The maximum absolute atomic E-state index is 12.7. The number of hydrogen-bond donors (Lipinski definition) is 0. The highest BCUT2D eigenvalue weighted by molar-refractivity contribution is 5.19. The molecule has 0 aliphatic carbocycles. The van der Waals surface area contributed by atoms with E-state index >= 15 is 0 Å². The van der Waals surface area contributed by atoms with Crippen LogP contribution in [0, 0.1) is 0 Å². The summed E-state index contributed by atoms with van der Waals surface area (Å²) in [5, 5.41) is 4.69. The minimum absolute atomic E-state index is 0.172. The zero-order chi connectivity index (χ0) is 19.8. The molecule has 3 aromatic rings. The molecular weight excluding hydrogens is 368 g/mol. The Labute approximate surface area is 167 Å². The van der Waals surface area contributed by atoms with Crippen LogP contribution in [0.25, 0.3) is 0 Å². The monoisotopic (exact) mass is 390 g/mol. The summed E-state index contributed by atoms with van der Waals surface area (Å²) >= 11 is 0. The minimum atomic E-state index is -0.562. The number of rotatable bonds is 4. The van der Waals surface area contributed by atoms with E-state index in [0.717, 1.165) is 43.9 Å². The van der Waals surface area contributed by atoms with Crippen molar-refractivity contribution in [2.75, 3.05) is 13.1 Å². The van der Waals surface area contributed by atoms with E-state index in [9.17, 15) is 9.59 Å². The van der Waals surface area contributed by atoms with Crippen molar-refractivity contribution in [3.63, 3.8) is 0 Å². The van der Waals surface area contributed by atoms with Gasteiger partial charge in [0.25, 0.3) is 0 Å². The van der Waals surface area contributed by atoms with Gasteiger partial charge in [0.15, 0.2) is 0 Å². The number of hydrogen-bond acceptors (Lipinski definition) is 6. The number of fused-ring (bicyclic) bond motifs is 2. The standard InChI is InChI=1S/C21H22N6O2/c28-18-19(29)27(14-16-3-8-22-9-4-16)24-20-21(6-11-26(18)20)5-10-25(15-21)13-17-2-1-7-23-12-17/h1-4,7-9,12H,5-6,10-11,13-15H2/t21-/m1/s1. The Hall–Kier alpha value is -3.13. The van der Waals surface area contributed by atoms with Crippen molar-refractivity contribution in [3.05, 3.63) is 86.7 Å². The molecule has 3 aromatic heterocycles. The molecule has 8 nitrogen and oxygen atoms in total. The Morgan fingerprint density at radius 1 is 0.897 bits per heavy atom. The highest BCUT2D eigenvalue weighted by Crippen LogP contribution is 2.40. The lowest BCUT2D eigenvalue weighted by atomic mass is 9.85. The Morgan fingerprint density at radius 2 is 1.72 bits per heavy atom. The Morgan fingerprint density at radius 3 is 2.52 bits per heavy atom. The molecule has 0 bridgehead atoms. The van der Waals surface area contributed by atoms with Crippen molar-refractivity contribution < 1.29 is 0 Å². The summed E-state index contributed by atoms with van der Waals surface area (Å²) in [7, 11) is 0. The molecule has 1 atom stereocenters. The Balaban J connectivity index is 1.46. The van der Waals surface area contributed by atoms with Crippen LogP contribution in [-0.2, 0) is 25.0 Å². The van der Waals surface area contributed by atoms with Gasteiger partial charge >= 0.3 is 11.1 Å². The zero-order valence-corrected chi connectivity index (χ0v) is 16.1. The predicted octanol–water partition coefficient (Wildman–Crippen LogP) is 0.791. The number of nitrogens with zero attached hydrogens (tertiary/aromatic N) is 6. The van der Waals surface area contributed by atoms with Crippen LogP contribution >= 0.6 is 0 Å². The summed E-state index contributed by atoms with van der Waals surface area (Å²) in [5.74, 6) is 0.754. The van der Waals surface area contributed by atoms with E-state index in [1.54, 1.807) is 23.2 Å². The first kappa shape index (κ1) is 17.9. The summed E-state index contributed by atoms with van der Waals surface area (Å²) in [6.07, 6.45) is 8.80. The topological polar surface area (TPSA) is 85.9 Å². The Kier molecular flexibility index (Phi) is 4.35. The quantitative estimate of drug-likeness (QED) is 0.613. The molecule has 5 rings (SSSR count). The molecule has 0 radical (unpaired) electrons. The van der Waals surface area contributed by atoms with Gasteiger partial charge in [-0.15, -0.1) is 0 Å².